The Morgan fingerprint density at radius 1 is 0.962 bits per heavy atom. The first-order valence-electron chi connectivity index (χ1n) is 9.92. The van der Waals surface area contributed by atoms with Gasteiger partial charge in [0.15, 0.2) is 0 Å². The number of unbranched alkanes of at least 4 members (excludes halogenated alkanes) is 8. The lowest BCUT2D eigenvalue weighted by Crippen LogP contribution is -2.44. The SMILES string of the molecule is CN(C(=O)OCCCCCCCCCCCC(C)(C)C)[C@@H](CS)C(=O)O. The molecule has 0 aliphatic rings. The van der Waals surface area contributed by atoms with E-state index >= 15 is 0 Å². The fraction of sp³-hybridized carbons (Fsp3) is 0.900. The van der Waals surface area contributed by atoms with E-state index in [-0.39, 0.29) is 5.75 Å². The number of carbonyl (C=O) groups excluding carboxylic acids is 1. The van der Waals surface area contributed by atoms with E-state index < -0.39 is 18.1 Å². The van der Waals surface area contributed by atoms with Gasteiger partial charge in [-0.25, -0.2) is 9.59 Å². The van der Waals surface area contributed by atoms with Gasteiger partial charge in [-0.3, -0.25) is 4.90 Å². The van der Waals surface area contributed by atoms with Crippen molar-refractivity contribution in [2.24, 2.45) is 5.41 Å². The maximum atomic E-state index is 11.8. The number of carboxylic acids is 1. The van der Waals surface area contributed by atoms with E-state index in [1.165, 1.54) is 52.0 Å². The lowest BCUT2D eigenvalue weighted by Gasteiger charge is -2.22. The molecular formula is C20H39NO4S. The molecule has 0 heterocycles. The molecule has 0 saturated heterocycles. The third-order valence-electron chi connectivity index (χ3n) is 4.51. The van der Waals surface area contributed by atoms with Crippen LogP contribution in [-0.4, -0.2) is 47.5 Å². The number of carboxylic acid groups (broad SMARTS) is 1. The van der Waals surface area contributed by atoms with Gasteiger partial charge in [-0.05, 0) is 18.3 Å². The first-order valence-corrected chi connectivity index (χ1v) is 10.6. The Hall–Kier alpha value is -0.910. The van der Waals surface area contributed by atoms with Crippen LogP contribution in [-0.2, 0) is 9.53 Å². The van der Waals surface area contributed by atoms with E-state index in [1.54, 1.807) is 0 Å². The van der Waals surface area contributed by atoms with Gasteiger partial charge >= 0.3 is 12.1 Å². The maximum Gasteiger partial charge on any atom is 0.410 e. The van der Waals surface area contributed by atoms with Gasteiger partial charge in [0.05, 0.1) is 6.61 Å². The molecule has 0 radical (unpaired) electrons. The van der Waals surface area contributed by atoms with Crippen LogP contribution in [0.4, 0.5) is 4.79 Å². The van der Waals surface area contributed by atoms with Crippen molar-refractivity contribution < 1.29 is 19.4 Å². The number of aliphatic carboxylic acids is 1. The molecule has 0 fully saturated rings. The van der Waals surface area contributed by atoms with Crippen LogP contribution in [0.2, 0.25) is 0 Å². The van der Waals surface area contributed by atoms with E-state index in [9.17, 15) is 9.59 Å². The van der Waals surface area contributed by atoms with Gasteiger partial charge in [0.1, 0.15) is 6.04 Å². The Labute approximate surface area is 165 Å². The van der Waals surface area contributed by atoms with E-state index in [2.05, 4.69) is 33.4 Å². The zero-order chi connectivity index (χ0) is 20.0. The summed E-state index contributed by atoms with van der Waals surface area (Å²) in [6.07, 6.45) is 11.5. The minimum Gasteiger partial charge on any atom is -0.480 e. The second kappa shape index (κ2) is 14.2. The Kier molecular flexibility index (Phi) is 13.7. The molecule has 0 spiro atoms. The van der Waals surface area contributed by atoms with Crippen molar-refractivity contribution in [1.29, 1.82) is 0 Å². The van der Waals surface area contributed by atoms with Crippen LogP contribution in [0.25, 0.3) is 0 Å². The van der Waals surface area contributed by atoms with Crippen molar-refractivity contribution in [2.75, 3.05) is 19.4 Å². The number of hydrogen-bond acceptors (Lipinski definition) is 4. The third kappa shape index (κ3) is 13.3. The molecule has 0 aromatic heterocycles. The standard InChI is InChI=1S/C20H39NO4S/c1-20(2,3)14-12-10-8-6-5-7-9-11-13-15-25-19(24)21(4)17(16-26)18(22)23/h17,26H,5-16H2,1-4H3,(H,22,23)/t17-/m0/s1. The van der Waals surface area contributed by atoms with Crippen molar-refractivity contribution in [1.82, 2.24) is 4.90 Å². The number of nitrogens with zero attached hydrogens (tertiary/aromatic N) is 1. The lowest BCUT2D eigenvalue weighted by atomic mass is 9.89. The largest absolute Gasteiger partial charge is 0.480 e. The quantitative estimate of drug-likeness (QED) is 0.309. The van der Waals surface area contributed by atoms with Crippen LogP contribution >= 0.6 is 12.6 Å². The zero-order valence-electron chi connectivity index (χ0n) is 17.1. The van der Waals surface area contributed by atoms with Crippen molar-refractivity contribution in [3.8, 4) is 0 Å². The topological polar surface area (TPSA) is 66.8 Å². The third-order valence-corrected chi connectivity index (χ3v) is 4.86. The highest BCUT2D eigenvalue weighted by Gasteiger charge is 2.25. The highest BCUT2D eigenvalue weighted by atomic mass is 32.1. The number of carbonyl (C=O) groups is 2. The van der Waals surface area contributed by atoms with E-state index in [0.29, 0.717) is 12.0 Å². The summed E-state index contributed by atoms with van der Waals surface area (Å²) in [5, 5.41) is 8.99. The molecular weight excluding hydrogens is 350 g/mol. The summed E-state index contributed by atoms with van der Waals surface area (Å²) in [5.74, 6) is -1.00. The average molecular weight is 390 g/mol. The van der Waals surface area contributed by atoms with Crippen molar-refractivity contribution in [3.63, 3.8) is 0 Å². The first kappa shape index (κ1) is 25.1. The van der Waals surface area contributed by atoms with E-state index in [1.807, 2.05) is 0 Å². The molecule has 0 aromatic rings. The molecule has 6 heteroatoms. The second-order valence-electron chi connectivity index (χ2n) is 8.25. The lowest BCUT2D eigenvalue weighted by molar-refractivity contribution is -0.141. The summed E-state index contributed by atoms with van der Waals surface area (Å²) < 4.78 is 5.13. The molecule has 0 aliphatic carbocycles. The maximum absolute atomic E-state index is 11.8. The number of likely N-dealkylation sites (N-methyl/N-ethyl adjacent to an activating group) is 1. The number of ether oxygens (including phenoxy) is 1. The molecule has 0 rings (SSSR count). The highest BCUT2D eigenvalue weighted by molar-refractivity contribution is 7.80. The van der Waals surface area contributed by atoms with Crippen molar-refractivity contribution >= 4 is 24.7 Å². The minimum absolute atomic E-state index is 0.0666. The minimum atomic E-state index is -1.07. The summed E-state index contributed by atoms with van der Waals surface area (Å²) in [7, 11) is 1.43. The smallest absolute Gasteiger partial charge is 0.410 e. The van der Waals surface area contributed by atoms with Crippen LogP contribution in [0.3, 0.4) is 0 Å². The van der Waals surface area contributed by atoms with Gasteiger partial charge in [0.25, 0.3) is 0 Å². The van der Waals surface area contributed by atoms with Crippen LogP contribution in [0.15, 0.2) is 0 Å². The van der Waals surface area contributed by atoms with E-state index in [4.69, 9.17) is 9.84 Å². The molecule has 0 aliphatic heterocycles. The second-order valence-corrected chi connectivity index (χ2v) is 8.62. The van der Waals surface area contributed by atoms with Gasteiger partial charge < -0.3 is 9.84 Å². The van der Waals surface area contributed by atoms with Gasteiger partial charge in [-0.15, -0.1) is 0 Å². The van der Waals surface area contributed by atoms with Gasteiger partial charge in [-0.2, -0.15) is 12.6 Å². The zero-order valence-corrected chi connectivity index (χ0v) is 18.0. The molecule has 1 atom stereocenters. The number of amides is 1. The summed E-state index contributed by atoms with van der Waals surface area (Å²) in [6, 6.07) is -0.950. The van der Waals surface area contributed by atoms with Crippen LogP contribution in [0.1, 0.15) is 85.0 Å². The van der Waals surface area contributed by atoms with Crippen LogP contribution in [0, 0.1) is 5.41 Å². The first-order chi connectivity index (χ1) is 12.2. The Morgan fingerprint density at radius 3 is 1.85 bits per heavy atom. The van der Waals surface area contributed by atoms with Crippen molar-refractivity contribution in [2.45, 2.75) is 91.0 Å². The Morgan fingerprint density at radius 2 is 1.42 bits per heavy atom. The summed E-state index contributed by atoms with van der Waals surface area (Å²) in [6.45, 7) is 7.24. The van der Waals surface area contributed by atoms with Crippen LogP contribution in [0.5, 0.6) is 0 Å². The summed E-state index contributed by atoms with van der Waals surface area (Å²) in [5.41, 5.74) is 0.458. The van der Waals surface area contributed by atoms with Crippen molar-refractivity contribution in [3.05, 3.63) is 0 Å². The fourth-order valence-electron chi connectivity index (χ4n) is 2.75. The number of hydrogen-bond donors (Lipinski definition) is 2. The molecule has 26 heavy (non-hydrogen) atoms. The molecule has 5 nitrogen and oxygen atoms in total. The summed E-state index contributed by atoms with van der Waals surface area (Å²) in [4.78, 5) is 23.9. The molecule has 1 N–H and O–H groups in total. The van der Waals surface area contributed by atoms with E-state index in [0.717, 1.165) is 24.2 Å². The van der Waals surface area contributed by atoms with Gasteiger partial charge in [0.2, 0.25) is 0 Å². The fourth-order valence-corrected chi connectivity index (χ4v) is 3.15. The predicted molar refractivity (Wildman–Crippen MR) is 110 cm³/mol. The molecule has 0 aromatic carbocycles. The molecule has 1 amide bonds. The number of rotatable bonds is 14. The highest BCUT2D eigenvalue weighted by Crippen LogP contribution is 2.22. The Bertz CT molecular complexity index is 396. The monoisotopic (exact) mass is 389 g/mol. The molecule has 0 saturated carbocycles. The summed E-state index contributed by atoms with van der Waals surface area (Å²) >= 11 is 3.95. The van der Waals surface area contributed by atoms with Gasteiger partial charge in [-0.1, -0.05) is 72.1 Å². The Balaban J connectivity index is 3.51. The molecule has 0 unspecified atom stereocenters. The number of thiol groups is 1. The van der Waals surface area contributed by atoms with Gasteiger partial charge in [0, 0.05) is 12.8 Å². The molecule has 154 valence electrons. The normalized spacial score (nSPS) is 12.7. The predicted octanol–water partition coefficient (Wildman–Crippen LogP) is 5.38. The average Bonchev–Trinajstić information content (AvgIpc) is 2.54. The molecule has 0 bridgehead atoms. The van der Waals surface area contributed by atoms with Crippen LogP contribution < -0.4 is 0 Å².